The van der Waals surface area contributed by atoms with Crippen LogP contribution in [0.5, 0.6) is 0 Å². The number of rotatable bonds is 7. The van der Waals surface area contributed by atoms with Crippen LogP contribution in [0.1, 0.15) is 50.5 Å². The first-order valence-electron chi connectivity index (χ1n) is 10.7. The Hall–Kier alpha value is -2.07. The fourth-order valence-electron chi connectivity index (χ4n) is 4.35. The van der Waals surface area contributed by atoms with Crippen molar-refractivity contribution in [1.82, 2.24) is 9.88 Å². The second-order valence-electron chi connectivity index (χ2n) is 7.82. The zero-order valence-corrected chi connectivity index (χ0v) is 16.4. The predicted molar refractivity (Wildman–Crippen MR) is 114 cm³/mol. The highest BCUT2D eigenvalue weighted by Crippen LogP contribution is 2.36. The minimum atomic E-state index is 0.862. The number of hydrogen-bond donors (Lipinski definition) is 1. The Morgan fingerprint density at radius 1 is 0.852 bits per heavy atom. The number of likely N-dealkylation sites (tertiary alicyclic amines) is 1. The first kappa shape index (κ1) is 18.3. The number of benzene rings is 1. The van der Waals surface area contributed by atoms with Crippen molar-refractivity contribution in [3.05, 3.63) is 48.2 Å². The van der Waals surface area contributed by atoms with Crippen LogP contribution in [0.15, 0.2) is 42.6 Å². The largest absolute Gasteiger partial charge is 0.378 e. The standard InChI is InChI=1S/C23H32N4/c1(6-15-26-16-7-3-8-17-26)2-9-18-27-22-13-5-4-11-20(22)19-25-21-12-10-14-24-23(21)27/h4-5,10-14,25H,1-3,6-9,15-19H2. The van der Waals surface area contributed by atoms with Gasteiger partial charge in [0.05, 0.1) is 5.69 Å². The highest BCUT2D eigenvalue weighted by Gasteiger charge is 2.20. The van der Waals surface area contributed by atoms with E-state index in [0.717, 1.165) is 24.6 Å². The molecule has 1 fully saturated rings. The van der Waals surface area contributed by atoms with E-state index in [9.17, 15) is 0 Å². The minimum Gasteiger partial charge on any atom is -0.378 e. The lowest BCUT2D eigenvalue weighted by atomic mass is 10.1. The lowest BCUT2D eigenvalue weighted by Crippen LogP contribution is -2.30. The Bertz CT molecular complexity index is 676. The molecular weight excluding hydrogens is 332 g/mol. The summed E-state index contributed by atoms with van der Waals surface area (Å²) in [5.41, 5.74) is 3.79. The SMILES string of the molecule is c1ccc2c(c1)CNc1cccnc1N2CCCCCCN1CCCCC1. The molecule has 144 valence electrons. The second kappa shape index (κ2) is 9.23. The molecule has 4 nitrogen and oxygen atoms in total. The summed E-state index contributed by atoms with van der Waals surface area (Å²) < 4.78 is 0. The topological polar surface area (TPSA) is 31.4 Å². The van der Waals surface area contributed by atoms with Gasteiger partial charge in [-0.1, -0.05) is 37.5 Å². The molecule has 0 radical (unpaired) electrons. The number of para-hydroxylation sites is 1. The summed E-state index contributed by atoms with van der Waals surface area (Å²) in [7, 11) is 0. The van der Waals surface area contributed by atoms with Crippen molar-refractivity contribution < 1.29 is 0 Å². The van der Waals surface area contributed by atoms with Gasteiger partial charge in [0.15, 0.2) is 5.82 Å². The van der Waals surface area contributed by atoms with E-state index in [1.165, 1.54) is 75.8 Å². The van der Waals surface area contributed by atoms with Crippen LogP contribution in [0.2, 0.25) is 0 Å². The first-order chi connectivity index (χ1) is 13.4. The van der Waals surface area contributed by atoms with Gasteiger partial charge >= 0.3 is 0 Å². The van der Waals surface area contributed by atoms with Gasteiger partial charge in [0.1, 0.15) is 0 Å². The number of nitrogens with one attached hydrogen (secondary N) is 1. The van der Waals surface area contributed by atoms with E-state index < -0.39 is 0 Å². The highest BCUT2D eigenvalue weighted by molar-refractivity contribution is 5.76. The molecule has 1 N–H and O–H groups in total. The van der Waals surface area contributed by atoms with Gasteiger partial charge in [-0.3, -0.25) is 0 Å². The zero-order valence-electron chi connectivity index (χ0n) is 16.4. The van der Waals surface area contributed by atoms with Crippen LogP contribution in [0.25, 0.3) is 0 Å². The molecule has 4 rings (SSSR count). The Kier molecular flexibility index (Phi) is 6.25. The normalized spacial score (nSPS) is 17.0. The van der Waals surface area contributed by atoms with Gasteiger partial charge < -0.3 is 15.1 Å². The molecule has 27 heavy (non-hydrogen) atoms. The molecule has 4 heteroatoms. The van der Waals surface area contributed by atoms with E-state index in [1.54, 1.807) is 0 Å². The van der Waals surface area contributed by atoms with E-state index in [2.05, 4.69) is 45.4 Å². The molecule has 0 aliphatic carbocycles. The second-order valence-corrected chi connectivity index (χ2v) is 7.82. The van der Waals surface area contributed by atoms with Crippen LogP contribution < -0.4 is 10.2 Å². The molecule has 0 spiro atoms. The van der Waals surface area contributed by atoms with Gasteiger partial charge in [-0.15, -0.1) is 0 Å². The van der Waals surface area contributed by atoms with Gasteiger partial charge in [-0.25, -0.2) is 4.98 Å². The minimum absolute atomic E-state index is 0.862. The van der Waals surface area contributed by atoms with E-state index >= 15 is 0 Å². The molecule has 0 amide bonds. The van der Waals surface area contributed by atoms with Crippen molar-refractivity contribution >= 4 is 17.2 Å². The van der Waals surface area contributed by atoms with Crippen LogP contribution in [0.3, 0.4) is 0 Å². The van der Waals surface area contributed by atoms with Crippen molar-refractivity contribution in [3.63, 3.8) is 0 Å². The number of nitrogens with zero attached hydrogens (tertiary/aromatic N) is 3. The fraction of sp³-hybridized carbons (Fsp3) is 0.522. The van der Waals surface area contributed by atoms with E-state index in [4.69, 9.17) is 4.98 Å². The molecule has 0 saturated carbocycles. The monoisotopic (exact) mass is 364 g/mol. The van der Waals surface area contributed by atoms with Crippen LogP contribution in [0.4, 0.5) is 17.2 Å². The number of pyridine rings is 1. The molecule has 0 atom stereocenters. The maximum atomic E-state index is 4.69. The number of unbranched alkanes of at least 4 members (excludes halogenated alkanes) is 3. The summed E-state index contributed by atoms with van der Waals surface area (Å²) in [6, 6.07) is 12.9. The Balaban J connectivity index is 1.32. The van der Waals surface area contributed by atoms with E-state index in [1.807, 2.05) is 12.3 Å². The summed E-state index contributed by atoms with van der Waals surface area (Å²) in [5.74, 6) is 1.07. The van der Waals surface area contributed by atoms with Crippen molar-refractivity contribution in [2.75, 3.05) is 36.4 Å². The summed E-state index contributed by atoms with van der Waals surface area (Å²) in [5, 5.41) is 3.55. The van der Waals surface area contributed by atoms with Crippen molar-refractivity contribution in [2.45, 2.75) is 51.5 Å². The molecule has 2 aliphatic rings. The maximum Gasteiger partial charge on any atom is 0.156 e. The fourth-order valence-corrected chi connectivity index (χ4v) is 4.35. The van der Waals surface area contributed by atoms with Crippen LogP contribution in [-0.2, 0) is 6.54 Å². The number of fused-ring (bicyclic) bond motifs is 2. The molecule has 2 aromatic rings. The van der Waals surface area contributed by atoms with Crippen molar-refractivity contribution in [3.8, 4) is 0 Å². The van der Waals surface area contributed by atoms with Crippen molar-refractivity contribution in [1.29, 1.82) is 0 Å². The molecule has 1 aromatic carbocycles. The summed E-state index contributed by atoms with van der Waals surface area (Å²) >= 11 is 0. The van der Waals surface area contributed by atoms with Gasteiger partial charge in [0.25, 0.3) is 0 Å². The molecule has 1 aromatic heterocycles. The average Bonchev–Trinajstić information content (AvgIpc) is 2.89. The number of anilines is 3. The van der Waals surface area contributed by atoms with E-state index in [0.29, 0.717) is 0 Å². The Labute approximate surface area is 163 Å². The average molecular weight is 365 g/mol. The van der Waals surface area contributed by atoms with Gasteiger partial charge in [-0.2, -0.15) is 0 Å². The maximum absolute atomic E-state index is 4.69. The van der Waals surface area contributed by atoms with Gasteiger partial charge in [0.2, 0.25) is 0 Å². The van der Waals surface area contributed by atoms with Crippen LogP contribution >= 0.6 is 0 Å². The Morgan fingerprint density at radius 3 is 2.56 bits per heavy atom. The number of piperidine rings is 1. The quantitative estimate of drug-likeness (QED) is 0.685. The zero-order chi connectivity index (χ0) is 18.3. The molecule has 0 unspecified atom stereocenters. The number of aromatic nitrogens is 1. The molecule has 1 saturated heterocycles. The third-order valence-electron chi connectivity index (χ3n) is 5.85. The van der Waals surface area contributed by atoms with Crippen molar-refractivity contribution in [2.24, 2.45) is 0 Å². The summed E-state index contributed by atoms with van der Waals surface area (Å²) in [4.78, 5) is 9.76. The predicted octanol–water partition coefficient (Wildman–Crippen LogP) is 5.19. The number of hydrogen-bond acceptors (Lipinski definition) is 4. The molecule has 3 heterocycles. The van der Waals surface area contributed by atoms with Gasteiger partial charge in [-0.05, 0) is 69.1 Å². The third-order valence-corrected chi connectivity index (χ3v) is 5.85. The molecule has 0 bridgehead atoms. The smallest absolute Gasteiger partial charge is 0.156 e. The highest BCUT2D eigenvalue weighted by atomic mass is 15.2. The van der Waals surface area contributed by atoms with Crippen LogP contribution in [0, 0.1) is 0 Å². The van der Waals surface area contributed by atoms with Crippen LogP contribution in [-0.4, -0.2) is 36.1 Å². The molecular formula is C23H32N4. The Morgan fingerprint density at radius 2 is 1.67 bits per heavy atom. The van der Waals surface area contributed by atoms with E-state index in [-0.39, 0.29) is 0 Å². The first-order valence-corrected chi connectivity index (χ1v) is 10.7. The third kappa shape index (κ3) is 4.62. The van der Waals surface area contributed by atoms with Gasteiger partial charge in [0, 0.05) is 25.0 Å². The lowest BCUT2D eigenvalue weighted by molar-refractivity contribution is 0.224. The molecule has 2 aliphatic heterocycles. The summed E-state index contributed by atoms with van der Waals surface area (Å²) in [6.07, 6.45) is 11.3. The summed E-state index contributed by atoms with van der Waals surface area (Å²) in [6.45, 7) is 5.83. The lowest BCUT2D eigenvalue weighted by Gasteiger charge is -2.26.